The number of rotatable bonds is 4. The second-order valence-corrected chi connectivity index (χ2v) is 7.47. The van der Waals surface area contributed by atoms with E-state index in [2.05, 4.69) is 52.2 Å². The Kier molecular flexibility index (Phi) is 4.98. The molecule has 2 rings (SSSR count). The molecule has 0 heterocycles. The molecule has 1 unspecified atom stereocenters. The van der Waals surface area contributed by atoms with Crippen LogP contribution < -0.4 is 10.1 Å². The molecular formula is C19H31NO. The van der Waals surface area contributed by atoms with Crippen LogP contribution in [-0.4, -0.2) is 14.2 Å². The van der Waals surface area contributed by atoms with Gasteiger partial charge in [-0.3, -0.25) is 0 Å². The van der Waals surface area contributed by atoms with Crippen LogP contribution in [0.2, 0.25) is 0 Å². The molecule has 2 heteroatoms. The molecule has 0 bridgehead atoms. The number of nitrogens with one attached hydrogen (secondary N) is 1. The summed E-state index contributed by atoms with van der Waals surface area (Å²) >= 11 is 0. The molecule has 0 amide bonds. The van der Waals surface area contributed by atoms with Crippen LogP contribution in [-0.2, 0) is 0 Å². The summed E-state index contributed by atoms with van der Waals surface area (Å²) < 4.78 is 5.68. The second kappa shape index (κ2) is 6.39. The predicted molar refractivity (Wildman–Crippen MR) is 90.0 cm³/mol. The summed E-state index contributed by atoms with van der Waals surface area (Å²) in [7, 11) is 3.87. The lowest BCUT2D eigenvalue weighted by molar-refractivity contribution is 0.163. The van der Waals surface area contributed by atoms with Crippen LogP contribution in [0.15, 0.2) is 12.1 Å². The first-order valence-corrected chi connectivity index (χ1v) is 8.20. The largest absolute Gasteiger partial charge is 0.496 e. The highest BCUT2D eigenvalue weighted by molar-refractivity contribution is 5.45. The fraction of sp³-hybridized carbons (Fsp3) is 0.684. The van der Waals surface area contributed by atoms with Crippen molar-refractivity contribution in [2.24, 2.45) is 11.3 Å². The van der Waals surface area contributed by atoms with Gasteiger partial charge < -0.3 is 10.1 Å². The van der Waals surface area contributed by atoms with E-state index in [0.717, 1.165) is 5.75 Å². The number of benzene rings is 1. The first-order chi connectivity index (χ1) is 9.88. The monoisotopic (exact) mass is 289 g/mol. The highest BCUT2D eigenvalue weighted by atomic mass is 16.5. The summed E-state index contributed by atoms with van der Waals surface area (Å²) in [5, 5.41) is 3.57. The molecule has 1 aliphatic carbocycles. The molecule has 1 aromatic carbocycles. The van der Waals surface area contributed by atoms with E-state index in [1.54, 1.807) is 7.11 Å². The molecule has 21 heavy (non-hydrogen) atoms. The van der Waals surface area contributed by atoms with Crippen molar-refractivity contribution in [1.82, 2.24) is 5.32 Å². The van der Waals surface area contributed by atoms with Crippen LogP contribution in [0.5, 0.6) is 5.75 Å². The Morgan fingerprint density at radius 2 is 1.81 bits per heavy atom. The molecule has 0 radical (unpaired) electrons. The Bertz CT molecular complexity index is 483. The SMILES string of the molecule is CNC(c1c(C)cc(C)cc1OC)C1CCC(C)(C)CC1. The smallest absolute Gasteiger partial charge is 0.124 e. The van der Waals surface area contributed by atoms with Gasteiger partial charge in [0, 0.05) is 11.6 Å². The summed E-state index contributed by atoms with van der Waals surface area (Å²) in [5.74, 6) is 1.75. The van der Waals surface area contributed by atoms with Crippen LogP contribution >= 0.6 is 0 Å². The molecular weight excluding hydrogens is 258 g/mol. The maximum absolute atomic E-state index is 5.68. The normalized spacial score (nSPS) is 20.3. The fourth-order valence-corrected chi connectivity index (χ4v) is 3.88. The molecule has 1 aliphatic rings. The van der Waals surface area contributed by atoms with Gasteiger partial charge >= 0.3 is 0 Å². The summed E-state index contributed by atoms with van der Waals surface area (Å²) in [6.07, 6.45) is 5.25. The number of hydrogen-bond donors (Lipinski definition) is 1. The van der Waals surface area contributed by atoms with Crippen molar-refractivity contribution < 1.29 is 4.74 Å². The van der Waals surface area contributed by atoms with Crippen LogP contribution in [0.1, 0.15) is 62.3 Å². The molecule has 0 aromatic heterocycles. The molecule has 0 spiro atoms. The van der Waals surface area contributed by atoms with Crippen molar-refractivity contribution in [2.75, 3.05) is 14.2 Å². The van der Waals surface area contributed by atoms with Gasteiger partial charge in [-0.05, 0) is 75.1 Å². The van der Waals surface area contributed by atoms with E-state index in [4.69, 9.17) is 4.74 Å². The average Bonchev–Trinajstić information content (AvgIpc) is 2.42. The first kappa shape index (κ1) is 16.4. The lowest BCUT2D eigenvalue weighted by Crippen LogP contribution is -2.31. The van der Waals surface area contributed by atoms with Crippen LogP contribution in [0.25, 0.3) is 0 Å². The van der Waals surface area contributed by atoms with E-state index in [-0.39, 0.29) is 0 Å². The van der Waals surface area contributed by atoms with Crippen molar-refractivity contribution in [3.05, 3.63) is 28.8 Å². The summed E-state index contributed by atoms with van der Waals surface area (Å²) in [4.78, 5) is 0. The van der Waals surface area contributed by atoms with E-state index in [1.807, 2.05) is 0 Å². The van der Waals surface area contributed by atoms with E-state index < -0.39 is 0 Å². The van der Waals surface area contributed by atoms with E-state index >= 15 is 0 Å². The minimum Gasteiger partial charge on any atom is -0.496 e. The minimum absolute atomic E-state index is 0.400. The van der Waals surface area contributed by atoms with Gasteiger partial charge in [-0.25, -0.2) is 0 Å². The molecule has 118 valence electrons. The standard InChI is InChI=1S/C19H31NO/c1-13-11-14(2)17(16(12-13)21-6)18(20-5)15-7-9-19(3,4)10-8-15/h11-12,15,18,20H,7-10H2,1-6H3. The van der Waals surface area contributed by atoms with Gasteiger partial charge in [0.15, 0.2) is 0 Å². The topological polar surface area (TPSA) is 21.3 Å². The molecule has 1 N–H and O–H groups in total. The van der Waals surface area contributed by atoms with Crippen molar-refractivity contribution in [1.29, 1.82) is 0 Å². The lowest BCUT2D eigenvalue weighted by Gasteiger charge is -2.39. The number of ether oxygens (including phenoxy) is 1. The minimum atomic E-state index is 0.400. The Morgan fingerprint density at radius 3 is 2.33 bits per heavy atom. The van der Waals surface area contributed by atoms with Gasteiger partial charge in [-0.15, -0.1) is 0 Å². The lowest BCUT2D eigenvalue weighted by atomic mass is 9.70. The molecule has 0 aliphatic heterocycles. The predicted octanol–water partition coefficient (Wildman–Crippen LogP) is 4.79. The zero-order valence-corrected chi connectivity index (χ0v) is 14.5. The average molecular weight is 289 g/mol. The molecule has 1 aromatic rings. The Morgan fingerprint density at radius 1 is 1.19 bits per heavy atom. The Balaban J connectivity index is 2.30. The van der Waals surface area contributed by atoms with Gasteiger partial charge in [0.2, 0.25) is 0 Å². The summed E-state index contributed by atoms with van der Waals surface area (Å²) in [6.45, 7) is 9.14. The number of methoxy groups -OCH3 is 1. The van der Waals surface area contributed by atoms with Gasteiger partial charge in [-0.1, -0.05) is 19.9 Å². The summed E-state index contributed by atoms with van der Waals surface area (Å²) in [5.41, 5.74) is 4.49. The van der Waals surface area contributed by atoms with Crippen molar-refractivity contribution in [2.45, 2.75) is 59.4 Å². The number of aryl methyl sites for hydroxylation is 2. The van der Waals surface area contributed by atoms with Crippen molar-refractivity contribution in [3.63, 3.8) is 0 Å². The van der Waals surface area contributed by atoms with Gasteiger partial charge in [0.25, 0.3) is 0 Å². The highest BCUT2D eigenvalue weighted by Gasteiger charge is 2.33. The van der Waals surface area contributed by atoms with Crippen LogP contribution in [0.4, 0.5) is 0 Å². The third-order valence-electron chi connectivity index (χ3n) is 5.19. The van der Waals surface area contributed by atoms with E-state index in [9.17, 15) is 0 Å². The third-order valence-corrected chi connectivity index (χ3v) is 5.19. The number of hydrogen-bond acceptors (Lipinski definition) is 2. The first-order valence-electron chi connectivity index (χ1n) is 8.20. The molecule has 2 nitrogen and oxygen atoms in total. The Labute approximate surface area is 130 Å². The van der Waals surface area contributed by atoms with Crippen molar-refractivity contribution in [3.8, 4) is 5.75 Å². The molecule has 1 fully saturated rings. The van der Waals surface area contributed by atoms with Crippen molar-refractivity contribution >= 4 is 0 Å². The quantitative estimate of drug-likeness (QED) is 0.860. The zero-order chi connectivity index (χ0) is 15.6. The maximum atomic E-state index is 5.68. The highest BCUT2D eigenvalue weighted by Crippen LogP contribution is 2.45. The Hall–Kier alpha value is -1.02. The van der Waals surface area contributed by atoms with Gasteiger partial charge in [0.05, 0.1) is 7.11 Å². The zero-order valence-electron chi connectivity index (χ0n) is 14.5. The van der Waals surface area contributed by atoms with Crippen LogP contribution in [0, 0.1) is 25.2 Å². The molecule has 0 saturated heterocycles. The maximum Gasteiger partial charge on any atom is 0.124 e. The summed E-state index contributed by atoms with van der Waals surface area (Å²) in [6, 6.07) is 4.84. The molecule has 1 atom stereocenters. The van der Waals surface area contributed by atoms with E-state index in [0.29, 0.717) is 17.4 Å². The molecule has 1 saturated carbocycles. The van der Waals surface area contributed by atoms with E-state index in [1.165, 1.54) is 42.4 Å². The van der Waals surface area contributed by atoms with Gasteiger partial charge in [0.1, 0.15) is 5.75 Å². The van der Waals surface area contributed by atoms with Crippen LogP contribution in [0.3, 0.4) is 0 Å². The third kappa shape index (κ3) is 3.60. The van der Waals surface area contributed by atoms with Gasteiger partial charge in [-0.2, -0.15) is 0 Å². The fourth-order valence-electron chi connectivity index (χ4n) is 3.88. The second-order valence-electron chi connectivity index (χ2n) is 7.47.